The van der Waals surface area contributed by atoms with Crippen molar-refractivity contribution < 1.29 is 0 Å². The Morgan fingerprint density at radius 2 is 1.18 bits per heavy atom. The molecule has 0 aliphatic heterocycles. The maximum absolute atomic E-state index is 6.37. The monoisotopic (exact) mass is 264 g/mol. The van der Waals surface area contributed by atoms with Crippen LogP contribution in [0.2, 0.25) is 0 Å². The fourth-order valence-electron chi connectivity index (χ4n) is 2.02. The Labute approximate surface area is 112 Å². The lowest BCUT2D eigenvalue weighted by atomic mass is 9.89. The zero-order valence-electron chi connectivity index (χ0n) is 9.39. The molecule has 2 rings (SSSR count). The molecule has 2 aromatic carbocycles. The van der Waals surface area contributed by atoms with Gasteiger partial charge in [-0.1, -0.05) is 60.7 Å². The summed E-state index contributed by atoms with van der Waals surface area (Å²) in [6, 6.07) is 20.5. The third-order valence-corrected chi connectivity index (χ3v) is 3.72. The maximum atomic E-state index is 6.37. The summed E-state index contributed by atoms with van der Waals surface area (Å²) in [4.78, 5) is 0. The van der Waals surface area contributed by atoms with Crippen LogP contribution in [0.3, 0.4) is 0 Å². The molecule has 0 saturated heterocycles. The lowest BCUT2D eigenvalue weighted by molar-refractivity contribution is 0.791. The van der Waals surface area contributed by atoms with E-state index in [1.807, 2.05) is 36.4 Å². The molecule has 0 aliphatic carbocycles. The Bertz CT molecular complexity index is 399. The molecule has 0 aromatic heterocycles. The molecule has 0 spiro atoms. The predicted molar refractivity (Wildman–Crippen MR) is 75.1 cm³/mol. The van der Waals surface area contributed by atoms with Gasteiger partial charge in [-0.05, 0) is 11.1 Å². The van der Waals surface area contributed by atoms with Crippen molar-refractivity contribution in [3.8, 4) is 0 Å². The van der Waals surface area contributed by atoms with Gasteiger partial charge >= 0.3 is 0 Å². The minimum absolute atomic E-state index is 0.0959. The van der Waals surface area contributed by atoms with E-state index in [0.717, 1.165) is 0 Å². The minimum atomic E-state index is -0.0959. The van der Waals surface area contributed by atoms with Crippen LogP contribution in [-0.4, -0.2) is 11.3 Å². The van der Waals surface area contributed by atoms with E-state index in [-0.39, 0.29) is 11.3 Å². The topological polar surface area (TPSA) is 0 Å². The second kappa shape index (κ2) is 6.09. The highest BCUT2D eigenvalue weighted by Crippen LogP contribution is 2.31. The van der Waals surface area contributed by atoms with Crippen molar-refractivity contribution >= 4 is 23.2 Å². The van der Waals surface area contributed by atoms with Gasteiger partial charge in [-0.25, -0.2) is 0 Å². The van der Waals surface area contributed by atoms with Gasteiger partial charge in [0.25, 0.3) is 0 Å². The van der Waals surface area contributed by atoms with Crippen LogP contribution in [0.1, 0.15) is 17.0 Å². The average molecular weight is 265 g/mol. The lowest BCUT2D eigenvalue weighted by Crippen LogP contribution is -2.15. The van der Waals surface area contributed by atoms with Crippen molar-refractivity contribution in [2.75, 3.05) is 5.88 Å². The van der Waals surface area contributed by atoms with Gasteiger partial charge in [-0.15, -0.1) is 23.2 Å². The quantitative estimate of drug-likeness (QED) is 0.705. The highest BCUT2D eigenvalue weighted by molar-refractivity contribution is 6.28. The molecular weight excluding hydrogens is 251 g/mol. The summed E-state index contributed by atoms with van der Waals surface area (Å²) in [5.41, 5.74) is 2.42. The first-order chi connectivity index (χ1) is 8.33. The largest absolute Gasteiger partial charge is 0.125 e. The molecule has 0 heterocycles. The van der Waals surface area contributed by atoms with E-state index in [4.69, 9.17) is 23.2 Å². The van der Waals surface area contributed by atoms with Crippen molar-refractivity contribution in [2.45, 2.75) is 11.3 Å². The van der Waals surface area contributed by atoms with Crippen molar-refractivity contribution in [1.82, 2.24) is 0 Å². The molecule has 0 N–H and O–H groups in total. The zero-order chi connectivity index (χ0) is 12.1. The van der Waals surface area contributed by atoms with E-state index < -0.39 is 0 Å². The van der Waals surface area contributed by atoms with Crippen molar-refractivity contribution in [1.29, 1.82) is 0 Å². The van der Waals surface area contributed by atoms with Gasteiger partial charge in [0, 0.05) is 11.8 Å². The predicted octanol–water partition coefficient (Wildman–Crippen LogP) is 4.66. The second-order valence-corrected chi connectivity index (χ2v) is 4.84. The van der Waals surface area contributed by atoms with E-state index >= 15 is 0 Å². The van der Waals surface area contributed by atoms with Crippen molar-refractivity contribution in [2.24, 2.45) is 0 Å². The first kappa shape index (κ1) is 12.5. The van der Waals surface area contributed by atoms with Gasteiger partial charge in [-0.3, -0.25) is 0 Å². The summed E-state index contributed by atoms with van der Waals surface area (Å²) in [7, 11) is 0. The molecule has 2 heteroatoms. The van der Waals surface area contributed by atoms with Crippen LogP contribution in [-0.2, 0) is 0 Å². The molecule has 0 radical (unpaired) electrons. The van der Waals surface area contributed by atoms with E-state index in [1.54, 1.807) is 0 Å². The van der Waals surface area contributed by atoms with E-state index in [0.29, 0.717) is 5.88 Å². The smallest absolute Gasteiger partial charge is 0.0580 e. The fourth-order valence-corrected chi connectivity index (χ4v) is 2.49. The van der Waals surface area contributed by atoms with Gasteiger partial charge in [-0.2, -0.15) is 0 Å². The zero-order valence-corrected chi connectivity index (χ0v) is 10.9. The summed E-state index contributed by atoms with van der Waals surface area (Å²) in [6.45, 7) is 0. The van der Waals surface area contributed by atoms with E-state index in [9.17, 15) is 0 Å². The number of alkyl halides is 2. The third-order valence-electron chi connectivity index (χ3n) is 2.83. The van der Waals surface area contributed by atoms with E-state index in [1.165, 1.54) is 11.1 Å². The Hall–Kier alpha value is -0.980. The molecule has 0 aliphatic rings. The normalized spacial score (nSPS) is 12.6. The van der Waals surface area contributed by atoms with Gasteiger partial charge in [0.05, 0.1) is 5.38 Å². The van der Waals surface area contributed by atoms with Gasteiger partial charge in [0.15, 0.2) is 0 Å². The van der Waals surface area contributed by atoms with Crippen molar-refractivity contribution in [3.05, 3.63) is 71.8 Å². The molecule has 2 aromatic rings. The maximum Gasteiger partial charge on any atom is 0.0580 e. The number of hydrogen-bond acceptors (Lipinski definition) is 0. The Kier molecular flexibility index (Phi) is 4.47. The average Bonchev–Trinajstić information content (AvgIpc) is 2.41. The van der Waals surface area contributed by atoms with Gasteiger partial charge in [0.1, 0.15) is 0 Å². The van der Waals surface area contributed by atoms with Crippen LogP contribution in [0.25, 0.3) is 0 Å². The molecule has 0 nitrogen and oxygen atoms in total. The molecule has 0 saturated carbocycles. The Balaban J connectivity index is 2.39. The highest BCUT2D eigenvalue weighted by Gasteiger charge is 2.21. The second-order valence-electron chi connectivity index (χ2n) is 3.97. The first-order valence-electron chi connectivity index (χ1n) is 5.63. The molecular formula is C15H14Cl2. The van der Waals surface area contributed by atoms with E-state index in [2.05, 4.69) is 24.3 Å². The molecule has 1 unspecified atom stereocenters. The van der Waals surface area contributed by atoms with Gasteiger partial charge in [0.2, 0.25) is 0 Å². The SMILES string of the molecule is ClCC(Cl)C(c1ccccc1)c1ccccc1. The van der Waals surface area contributed by atoms with Gasteiger partial charge < -0.3 is 0 Å². The molecule has 0 bridgehead atoms. The lowest BCUT2D eigenvalue weighted by Gasteiger charge is -2.21. The van der Waals surface area contributed by atoms with Crippen LogP contribution in [0.5, 0.6) is 0 Å². The summed E-state index contributed by atoms with van der Waals surface area (Å²) in [5.74, 6) is 0.590. The number of benzene rings is 2. The number of rotatable bonds is 4. The minimum Gasteiger partial charge on any atom is -0.125 e. The molecule has 88 valence electrons. The fraction of sp³-hybridized carbons (Fsp3) is 0.200. The van der Waals surface area contributed by atoms with Crippen LogP contribution < -0.4 is 0 Å². The third kappa shape index (κ3) is 3.02. The highest BCUT2D eigenvalue weighted by atomic mass is 35.5. The number of halogens is 2. The molecule has 1 atom stereocenters. The van der Waals surface area contributed by atoms with Crippen LogP contribution >= 0.6 is 23.2 Å². The van der Waals surface area contributed by atoms with Crippen molar-refractivity contribution in [3.63, 3.8) is 0 Å². The molecule has 0 amide bonds. The van der Waals surface area contributed by atoms with Crippen LogP contribution in [0, 0.1) is 0 Å². The van der Waals surface area contributed by atoms with Crippen LogP contribution in [0.15, 0.2) is 60.7 Å². The molecule has 0 fully saturated rings. The number of hydrogen-bond donors (Lipinski definition) is 0. The summed E-state index contributed by atoms with van der Waals surface area (Å²) in [5, 5.41) is -0.0959. The Morgan fingerprint density at radius 3 is 1.53 bits per heavy atom. The summed E-state index contributed by atoms with van der Waals surface area (Å²) in [6.07, 6.45) is 0. The Morgan fingerprint density at radius 1 is 0.765 bits per heavy atom. The molecule has 17 heavy (non-hydrogen) atoms. The first-order valence-corrected chi connectivity index (χ1v) is 6.60. The summed E-state index contributed by atoms with van der Waals surface area (Å²) < 4.78 is 0. The summed E-state index contributed by atoms with van der Waals surface area (Å²) >= 11 is 12.3. The standard InChI is InChI=1S/C15H14Cl2/c16-11-14(17)15(12-7-3-1-4-8-12)13-9-5-2-6-10-13/h1-10,14-15H,11H2. The van der Waals surface area contributed by atoms with Crippen LogP contribution in [0.4, 0.5) is 0 Å².